The van der Waals surface area contributed by atoms with Gasteiger partial charge in [0.25, 0.3) is 0 Å². The highest BCUT2D eigenvalue weighted by atomic mass is 14.2. The van der Waals surface area contributed by atoms with Crippen molar-refractivity contribution in [3.05, 3.63) is 47.6 Å². The first-order valence-corrected chi connectivity index (χ1v) is 4.17. The van der Waals surface area contributed by atoms with E-state index in [9.17, 15) is 0 Å². The maximum atomic E-state index is 2.27. The Labute approximate surface area is 67.6 Å². The Morgan fingerprint density at radius 1 is 1.27 bits per heavy atom. The first-order valence-electron chi connectivity index (χ1n) is 4.17. The standard InChI is InChI=1S/C11H12/c1-2-9-7-8-10-5-3-4-6-11(9)10/h3-8,11H,2H2,1H3. The van der Waals surface area contributed by atoms with Gasteiger partial charge >= 0.3 is 0 Å². The molecule has 0 bridgehead atoms. The number of hydrogen-bond acceptors (Lipinski definition) is 0. The Hall–Kier alpha value is -1.04. The van der Waals surface area contributed by atoms with Crippen molar-refractivity contribution >= 4 is 0 Å². The maximum absolute atomic E-state index is 2.27. The number of fused-ring (bicyclic) bond motifs is 1. The third-order valence-corrected chi connectivity index (χ3v) is 2.36. The van der Waals surface area contributed by atoms with Crippen molar-refractivity contribution in [2.45, 2.75) is 13.3 Å². The summed E-state index contributed by atoms with van der Waals surface area (Å²) in [6, 6.07) is 0. The molecule has 0 nitrogen and oxygen atoms in total. The molecular formula is C11H12. The topological polar surface area (TPSA) is 0 Å². The van der Waals surface area contributed by atoms with E-state index in [1.807, 2.05) is 0 Å². The molecule has 0 aromatic heterocycles. The van der Waals surface area contributed by atoms with Crippen molar-refractivity contribution in [1.29, 1.82) is 0 Å². The van der Waals surface area contributed by atoms with Gasteiger partial charge in [-0.25, -0.2) is 0 Å². The van der Waals surface area contributed by atoms with Crippen molar-refractivity contribution in [2.75, 3.05) is 0 Å². The van der Waals surface area contributed by atoms with E-state index in [1.165, 1.54) is 12.0 Å². The van der Waals surface area contributed by atoms with Crippen LogP contribution in [0.15, 0.2) is 47.6 Å². The Morgan fingerprint density at radius 3 is 3.00 bits per heavy atom. The molecule has 0 spiro atoms. The van der Waals surface area contributed by atoms with Crippen molar-refractivity contribution in [3.63, 3.8) is 0 Å². The summed E-state index contributed by atoms with van der Waals surface area (Å²) in [6.07, 6.45) is 14.4. The van der Waals surface area contributed by atoms with Gasteiger partial charge < -0.3 is 0 Å². The van der Waals surface area contributed by atoms with Crippen molar-refractivity contribution in [1.82, 2.24) is 0 Å². The van der Waals surface area contributed by atoms with Crippen molar-refractivity contribution in [2.24, 2.45) is 5.92 Å². The monoisotopic (exact) mass is 144 g/mol. The normalized spacial score (nSPS) is 26.5. The zero-order valence-corrected chi connectivity index (χ0v) is 6.75. The summed E-state index contributed by atoms with van der Waals surface area (Å²) in [5, 5.41) is 0. The van der Waals surface area contributed by atoms with Crippen LogP contribution in [-0.4, -0.2) is 0 Å². The third-order valence-electron chi connectivity index (χ3n) is 2.36. The largest absolute Gasteiger partial charge is 0.0730 e. The summed E-state index contributed by atoms with van der Waals surface area (Å²) in [5.41, 5.74) is 2.99. The smallest absolute Gasteiger partial charge is 0.0234 e. The number of allylic oxidation sites excluding steroid dienone is 8. The molecule has 0 aromatic carbocycles. The van der Waals surface area contributed by atoms with E-state index in [1.54, 1.807) is 5.57 Å². The molecule has 56 valence electrons. The molecule has 0 saturated heterocycles. The van der Waals surface area contributed by atoms with E-state index in [0.29, 0.717) is 5.92 Å². The van der Waals surface area contributed by atoms with Gasteiger partial charge in [-0.1, -0.05) is 49.0 Å². The van der Waals surface area contributed by atoms with Crippen LogP contribution < -0.4 is 0 Å². The van der Waals surface area contributed by atoms with Gasteiger partial charge in [-0.05, 0) is 12.0 Å². The molecule has 0 fully saturated rings. The SMILES string of the molecule is CCC1=CC=C2C=CC=CC21. The second-order valence-corrected chi connectivity index (χ2v) is 2.98. The van der Waals surface area contributed by atoms with Gasteiger partial charge in [0.05, 0.1) is 0 Å². The summed E-state index contributed by atoms with van der Waals surface area (Å²) in [5.74, 6) is 0.602. The molecule has 0 saturated carbocycles. The highest BCUT2D eigenvalue weighted by Crippen LogP contribution is 2.32. The van der Waals surface area contributed by atoms with E-state index in [0.717, 1.165) is 0 Å². The molecule has 0 amide bonds. The van der Waals surface area contributed by atoms with E-state index in [-0.39, 0.29) is 0 Å². The van der Waals surface area contributed by atoms with Gasteiger partial charge in [0, 0.05) is 5.92 Å². The fraction of sp³-hybridized carbons (Fsp3) is 0.273. The Morgan fingerprint density at radius 2 is 2.18 bits per heavy atom. The van der Waals surface area contributed by atoms with Gasteiger partial charge in [0.1, 0.15) is 0 Å². The lowest BCUT2D eigenvalue weighted by Crippen LogP contribution is -2.00. The molecule has 2 aliphatic carbocycles. The first kappa shape index (κ1) is 6.66. The van der Waals surface area contributed by atoms with Crippen LogP contribution in [0.5, 0.6) is 0 Å². The van der Waals surface area contributed by atoms with Crippen LogP contribution in [0.1, 0.15) is 13.3 Å². The molecular weight excluding hydrogens is 132 g/mol. The summed E-state index contributed by atoms with van der Waals surface area (Å²) in [7, 11) is 0. The predicted octanol–water partition coefficient (Wildman–Crippen LogP) is 3.01. The molecule has 0 heterocycles. The molecule has 2 aliphatic rings. The second kappa shape index (κ2) is 2.54. The lowest BCUT2D eigenvalue weighted by molar-refractivity contribution is 0.871. The molecule has 1 atom stereocenters. The Balaban J connectivity index is 2.29. The van der Waals surface area contributed by atoms with Crippen LogP contribution in [0.2, 0.25) is 0 Å². The number of hydrogen-bond donors (Lipinski definition) is 0. The third kappa shape index (κ3) is 0.988. The summed E-state index contributed by atoms with van der Waals surface area (Å²) >= 11 is 0. The molecule has 2 rings (SSSR count). The lowest BCUT2D eigenvalue weighted by atomic mass is 9.91. The van der Waals surface area contributed by atoms with E-state index in [4.69, 9.17) is 0 Å². The maximum Gasteiger partial charge on any atom is 0.0234 e. The molecule has 0 N–H and O–H groups in total. The average Bonchev–Trinajstić information content (AvgIpc) is 2.47. The molecule has 0 heteroatoms. The van der Waals surface area contributed by atoms with Crippen LogP contribution in [0.3, 0.4) is 0 Å². The molecule has 0 aromatic rings. The van der Waals surface area contributed by atoms with E-state index in [2.05, 4.69) is 43.4 Å². The minimum absolute atomic E-state index is 0.602. The summed E-state index contributed by atoms with van der Waals surface area (Å²) in [6.45, 7) is 2.22. The highest BCUT2D eigenvalue weighted by molar-refractivity contribution is 5.47. The van der Waals surface area contributed by atoms with Crippen LogP contribution in [0.25, 0.3) is 0 Å². The fourth-order valence-electron chi connectivity index (χ4n) is 1.70. The summed E-state index contributed by atoms with van der Waals surface area (Å²) < 4.78 is 0. The van der Waals surface area contributed by atoms with Crippen LogP contribution in [0.4, 0.5) is 0 Å². The van der Waals surface area contributed by atoms with Gasteiger partial charge in [0.15, 0.2) is 0 Å². The predicted molar refractivity (Wildman–Crippen MR) is 48.2 cm³/mol. The quantitative estimate of drug-likeness (QED) is 0.530. The molecule has 0 radical (unpaired) electrons. The lowest BCUT2D eigenvalue weighted by Gasteiger charge is -2.13. The number of rotatable bonds is 1. The van der Waals surface area contributed by atoms with E-state index >= 15 is 0 Å². The van der Waals surface area contributed by atoms with Crippen LogP contribution in [-0.2, 0) is 0 Å². The zero-order chi connectivity index (χ0) is 7.68. The van der Waals surface area contributed by atoms with Gasteiger partial charge in [-0.3, -0.25) is 0 Å². The fourth-order valence-corrected chi connectivity index (χ4v) is 1.70. The molecule has 11 heavy (non-hydrogen) atoms. The Bertz CT molecular complexity index is 274. The van der Waals surface area contributed by atoms with E-state index < -0.39 is 0 Å². The van der Waals surface area contributed by atoms with Crippen LogP contribution in [0, 0.1) is 5.92 Å². The molecule has 0 aliphatic heterocycles. The van der Waals surface area contributed by atoms with Gasteiger partial charge in [-0.2, -0.15) is 0 Å². The first-order chi connectivity index (χ1) is 5.42. The highest BCUT2D eigenvalue weighted by Gasteiger charge is 2.17. The average molecular weight is 144 g/mol. The van der Waals surface area contributed by atoms with Gasteiger partial charge in [0.2, 0.25) is 0 Å². The molecule has 1 unspecified atom stereocenters. The minimum Gasteiger partial charge on any atom is -0.0730 e. The minimum atomic E-state index is 0.602. The zero-order valence-electron chi connectivity index (χ0n) is 6.75. The van der Waals surface area contributed by atoms with Gasteiger partial charge in [-0.15, -0.1) is 0 Å². The summed E-state index contributed by atoms with van der Waals surface area (Å²) in [4.78, 5) is 0. The van der Waals surface area contributed by atoms with Crippen LogP contribution >= 0.6 is 0 Å². The van der Waals surface area contributed by atoms with Crippen molar-refractivity contribution in [3.8, 4) is 0 Å². The Kier molecular flexibility index (Phi) is 1.54. The van der Waals surface area contributed by atoms with Crippen molar-refractivity contribution < 1.29 is 0 Å². The second-order valence-electron chi connectivity index (χ2n) is 2.98.